The van der Waals surface area contributed by atoms with Gasteiger partial charge in [0.15, 0.2) is 0 Å². The third-order valence-corrected chi connectivity index (χ3v) is 0.747. The van der Waals surface area contributed by atoms with E-state index in [0.717, 1.165) is 11.6 Å². The molecule has 0 aliphatic rings. The first-order valence-electron chi connectivity index (χ1n) is 2.34. The largest absolute Gasteiger partial charge is 0.353 e. The second kappa shape index (κ2) is 6.12. The van der Waals surface area contributed by atoms with E-state index in [2.05, 4.69) is 21.3 Å². The van der Waals surface area contributed by atoms with Crippen molar-refractivity contribution in [1.82, 2.24) is 15.0 Å². The second-order valence-electron chi connectivity index (χ2n) is 1.53. The zero-order valence-corrected chi connectivity index (χ0v) is 11.5. The maximum Gasteiger partial charge on any atom is 0.0247 e. The average Bonchev–Trinajstić information content (AvgIpc) is 1.64. The van der Waals surface area contributed by atoms with Gasteiger partial charge in [-0.2, -0.15) is 0 Å². The molecule has 1 aromatic heterocycles. The third-order valence-electron chi connectivity index (χ3n) is 0.747. The number of aromatic nitrogens is 3. The summed E-state index contributed by atoms with van der Waals surface area (Å²) < 4.78 is 0. The Bertz CT molecular complexity index is 175. The summed E-state index contributed by atoms with van der Waals surface area (Å²) in [5, 5.41) is 0. The fourth-order valence-corrected chi connectivity index (χ4v) is 0.454. The molecular weight excluding hydrogens is 470 g/mol. The first kappa shape index (κ1) is 13.0. The smallest absolute Gasteiger partial charge is 0.0247 e. The minimum absolute atomic E-state index is 0. The van der Waals surface area contributed by atoms with E-state index >= 15 is 0 Å². The summed E-state index contributed by atoms with van der Waals surface area (Å²) in [6, 6.07) is 0. The van der Waals surface area contributed by atoms with Gasteiger partial charge in [0.1, 0.15) is 0 Å². The van der Waals surface area contributed by atoms with Crippen LogP contribution in [0.3, 0.4) is 0 Å². The monoisotopic (exact) mass is 476 g/mol. The Balaban J connectivity index is 0. The molecule has 0 aliphatic carbocycles. The summed E-state index contributed by atoms with van der Waals surface area (Å²) in [4.78, 5) is 11.3. The van der Waals surface area contributed by atoms with Crippen molar-refractivity contribution in [2.45, 2.75) is 13.8 Å². The van der Waals surface area contributed by atoms with Crippen molar-refractivity contribution in [3.63, 3.8) is 0 Å². The molecule has 0 bridgehead atoms. The molecule has 1 rings (SSSR count). The van der Waals surface area contributed by atoms with Crippen molar-refractivity contribution in [2.24, 2.45) is 0 Å². The van der Waals surface area contributed by atoms with E-state index in [1.54, 1.807) is 0 Å². The standard InChI is InChI=1S/C5H6N3.2W/c1-4-6-3-7-5(2)8-4;;/h1-2H3;;/q-1;;. The molecule has 0 saturated heterocycles. The van der Waals surface area contributed by atoms with E-state index in [9.17, 15) is 0 Å². The maximum atomic E-state index is 3.92. The van der Waals surface area contributed by atoms with Gasteiger partial charge in [-0.1, -0.05) is 13.8 Å². The Morgan fingerprint density at radius 1 is 1.00 bits per heavy atom. The van der Waals surface area contributed by atoms with Crippen LogP contribution in [0.2, 0.25) is 0 Å². The number of nitrogens with zero attached hydrogens (tertiary/aromatic N) is 3. The molecule has 0 aromatic carbocycles. The number of aryl methyl sites for hydroxylation is 2. The minimum atomic E-state index is 0. The van der Waals surface area contributed by atoms with Crippen LogP contribution >= 0.6 is 0 Å². The summed E-state index contributed by atoms with van der Waals surface area (Å²) in [5.41, 5.74) is 0. The summed E-state index contributed by atoms with van der Waals surface area (Å²) in [5.74, 6) is 1.44. The molecule has 0 fully saturated rings. The van der Waals surface area contributed by atoms with Crippen molar-refractivity contribution >= 4 is 0 Å². The van der Waals surface area contributed by atoms with Crippen LogP contribution in [0.5, 0.6) is 0 Å². The Morgan fingerprint density at radius 2 is 1.40 bits per heavy atom. The first-order valence-corrected chi connectivity index (χ1v) is 2.34. The van der Waals surface area contributed by atoms with Crippen LogP contribution in [0.15, 0.2) is 0 Å². The van der Waals surface area contributed by atoms with Gasteiger partial charge in [-0.15, -0.1) is 0 Å². The van der Waals surface area contributed by atoms with Crippen molar-refractivity contribution in [1.29, 1.82) is 0 Å². The van der Waals surface area contributed by atoms with Gasteiger partial charge >= 0.3 is 0 Å². The van der Waals surface area contributed by atoms with E-state index in [-0.39, 0.29) is 42.1 Å². The molecule has 1 aromatic rings. The van der Waals surface area contributed by atoms with Crippen LogP contribution in [0.4, 0.5) is 0 Å². The molecular formula is C5H6N3W2-. The average molecular weight is 476 g/mol. The Hall–Kier alpha value is 0.387. The first-order chi connectivity index (χ1) is 3.79. The molecule has 3 nitrogen and oxygen atoms in total. The minimum Gasteiger partial charge on any atom is -0.353 e. The molecule has 0 unspecified atom stereocenters. The SMILES string of the molecule is Cc1n[c-]nc(C)n1.[W].[W]. The van der Waals surface area contributed by atoms with Gasteiger partial charge in [0.25, 0.3) is 0 Å². The van der Waals surface area contributed by atoms with Crippen LogP contribution in [0.25, 0.3) is 0 Å². The fraction of sp³-hybridized carbons (Fsp3) is 0.400. The number of rotatable bonds is 0. The van der Waals surface area contributed by atoms with Gasteiger partial charge in [0.05, 0.1) is 0 Å². The van der Waals surface area contributed by atoms with Gasteiger partial charge in [0.2, 0.25) is 0 Å². The molecule has 0 radical (unpaired) electrons. The van der Waals surface area contributed by atoms with Crippen LogP contribution in [-0.4, -0.2) is 15.0 Å². The maximum absolute atomic E-state index is 3.92. The molecule has 0 aliphatic heterocycles. The zero-order chi connectivity index (χ0) is 5.98. The Labute approximate surface area is 88.6 Å². The van der Waals surface area contributed by atoms with Gasteiger partial charge in [0, 0.05) is 60.1 Å². The third kappa shape index (κ3) is 4.24. The van der Waals surface area contributed by atoms with E-state index in [0.29, 0.717) is 0 Å². The molecule has 10 heavy (non-hydrogen) atoms. The topological polar surface area (TPSA) is 38.7 Å². The molecule has 0 spiro atoms. The fourth-order valence-electron chi connectivity index (χ4n) is 0.454. The zero-order valence-electron chi connectivity index (χ0n) is 5.66. The van der Waals surface area contributed by atoms with E-state index < -0.39 is 0 Å². The van der Waals surface area contributed by atoms with Crippen LogP contribution in [0, 0.1) is 20.2 Å². The predicted molar refractivity (Wildman–Crippen MR) is 28.1 cm³/mol. The number of hydrogen-bond acceptors (Lipinski definition) is 3. The van der Waals surface area contributed by atoms with Crippen LogP contribution in [0.1, 0.15) is 11.6 Å². The number of hydrogen-bond donors (Lipinski definition) is 0. The predicted octanol–water partition coefficient (Wildman–Crippen LogP) is 0.284. The Kier molecular flexibility index (Phi) is 7.96. The molecule has 0 amide bonds. The summed E-state index contributed by atoms with van der Waals surface area (Å²) in [6.07, 6.45) is 2.47. The van der Waals surface area contributed by atoms with Gasteiger partial charge < -0.3 is 15.0 Å². The van der Waals surface area contributed by atoms with Crippen molar-refractivity contribution in [3.05, 3.63) is 18.0 Å². The van der Waals surface area contributed by atoms with E-state index in [4.69, 9.17) is 0 Å². The molecule has 54 valence electrons. The van der Waals surface area contributed by atoms with Gasteiger partial charge in [-0.3, -0.25) is 0 Å². The van der Waals surface area contributed by atoms with Gasteiger partial charge in [-0.25, -0.2) is 0 Å². The quantitative estimate of drug-likeness (QED) is 0.506. The van der Waals surface area contributed by atoms with E-state index in [1.165, 1.54) is 0 Å². The van der Waals surface area contributed by atoms with Crippen LogP contribution in [-0.2, 0) is 42.1 Å². The van der Waals surface area contributed by atoms with Crippen molar-refractivity contribution in [3.8, 4) is 0 Å². The van der Waals surface area contributed by atoms with Crippen molar-refractivity contribution < 1.29 is 42.1 Å². The summed E-state index contributed by atoms with van der Waals surface area (Å²) in [6.45, 7) is 3.62. The van der Waals surface area contributed by atoms with Crippen LogP contribution < -0.4 is 0 Å². The molecule has 0 N–H and O–H groups in total. The Morgan fingerprint density at radius 3 is 1.60 bits per heavy atom. The van der Waals surface area contributed by atoms with E-state index in [1.807, 2.05) is 13.8 Å². The summed E-state index contributed by atoms with van der Waals surface area (Å²) >= 11 is 0. The molecule has 0 saturated carbocycles. The van der Waals surface area contributed by atoms with Crippen molar-refractivity contribution in [2.75, 3.05) is 0 Å². The van der Waals surface area contributed by atoms with Gasteiger partial charge in [-0.05, 0) is 0 Å². The molecule has 5 heteroatoms. The molecule has 0 atom stereocenters. The normalized spacial score (nSPS) is 7.40. The summed E-state index contributed by atoms with van der Waals surface area (Å²) in [7, 11) is 0. The second-order valence-corrected chi connectivity index (χ2v) is 1.53. The molecule has 1 heterocycles.